The molecule has 2 heterocycles. The Balaban J connectivity index is 1.49. The first-order valence-electron chi connectivity index (χ1n) is 11.0. The van der Waals surface area contributed by atoms with E-state index in [2.05, 4.69) is 21.5 Å². The molecule has 2 aromatic rings. The molecule has 172 valence electrons. The number of aryl methyl sites for hydroxylation is 2. The number of nitrogens with one attached hydrogen (secondary N) is 4. The molecule has 2 unspecified atom stereocenters. The molecule has 4 rings (SSSR count). The van der Waals surface area contributed by atoms with Gasteiger partial charge in [-0.2, -0.15) is 0 Å². The minimum Gasteiger partial charge on any atom is -0.508 e. The van der Waals surface area contributed by atoms with Crippen LogP contribution in [0, 0.1) is 6.92 Å². The van der Waals surface area contributed by atoms with Crippen LogP contribution >= 0.6 is 11.3 Å². The van der Waals surface area contributed by atoms with Crippen molar-refractivity contribution in [2.45, 2.75) is 51.1 Å². The molecule has 8 nitrogen and oxygen atoms in total. The van der Waals surface area contributed by atoms with Crippen LogP contribution in [0.2, 0.25) is 0 Å². The fraction of sp³-hybridized carbons (Fsp3) is 0.478. The van der Waals surface area contributed by atoms with Crippen LogP contribution in [0.5, 0.6) is 5.75 Å². The molecule has 1 aromatic carbocycles. The summed E-state index contributed by atoms with van der Waals surface area (Å²) in [5.74, 6) is -0.162. The summed E-state index contributed by atoms with van der Waals surface area (Å²) < 4.78 is 5.03. The number of methoxy groups -OCH3 is 1. The van der Waals surface area contributed by atoms with Crippen LogP contribution < -0.4 is 21.5 Å². The van der Waals surface area contributed by atoms with Crippen molar-refractivity contribution in [2.24, 2.45) is 0 Å². The first kappa shape index (κ1) is 22.7. The topological polar surface area (TPSA) is 112 Å². The van der Waals surface area contributed by atoms with Gasteiger partial charge >= 0.3 is 0 Å². The zero-order valence-electron chi connectivity index (χ0n) is 18.4. The van der Waals surface area contributed by atoms with Crippen LogP contribution in [0.25, 0.3) is 0 Å². The number of hydrogen-bond donors (Lipinski definition) is 5. The highest BCUT2D eigenvalue weighted by Gasteiger charge is 2.33. The lowest BCUT2D eigenvalue weighted by Gasteiger charge is -2.14. The molecule has 5 N–H and O–H groups in total. The molecular formula is C23H30N4O4S. The average molecular weight is 459 g/mol. The zero-order chi connectivity index (χ0) is 22.7. The number of amides is 2. The Kier molecular flexibility index (Phi) is 7.10. The zero-order valence-corrected chi connectivity index (χ0v) is 19.2. The average Bonchev–Trinajstić information content (AvgIpc) is 3.40. The van der Waals surface area contributed by atoms with Crippen LogP contribution in [-0.4, -0.2) is 43.2 Å². The number of fused-ring (bicyclic) bond motifs is 1. The molecule has 2 atom stereocenters. The van der Waals surface area contributed by atoms with Gasteiger partial charge in [0.05, 0.1) is 18.2 Å². The quantitative estimate of drug-likeness (QED) is 0.408. The number of hydrogen-bond acceptors (Lipinski definition) is 7. The van der Waals surface area contributed by atoms with Crippen molar-refractivity contribution < 1.29 is 19.4 Å². The number of anilines is 1. The first-order chi connectivity index (χ1) is 15.5. The van der Waals surface area contributed by atoms with Crippen LogP contribution in [0.4, 0.5) is 5.00 Å². The molecular weight excluding hydrogens is 428 g/mol. The lowest BCUT2D eigenvalue weighted by Crippen LogP contribution is -2.39. The van der Waals surface area contributed by atoms with Gasteiger partial charge in [-0.25, -0.2) is 10.9 Å². The summed E-state index contributed by atoms with van der Waals surface area (Å²) in [4.78, 5) is 27.2. The number of hydrazine groups is 1. The van der Waals surface area contributed by atoms with Gasteiger partial charge in [0.15, 0.2) is 0 Å². The number of rotatable bonds is 7. The summed E-state index contributed by atoms with van der Waals surface area (Å²) in [5, 5.41) is 16.7. The summed E-state index contributed by atoms with van der Waals surface area (Å²) in [6.45, 7) is 2.82. The fourth-order valence-corrected chi connectivity index (χ4v) is 5.62. The maximum absolute atomic E-state index is 13.1. The van der Waals surface area contributed by atoms with Gasteiger partial charge < -0.3 is 20.5 Å². The number of carbonyl (C=O) groups excluding carboxylic acids is 2. The Hall–Kier alpha value is -2.46. The smallest absolute Gasteiger partial charge is 0.254 e. The summed E-state index contributed by atoms with van der Waals surface area (Å²) in [5.41, 5.74) is 9.61. The predicted octanol–water partition coefficient (Wildman–Crippen LogP) is 2.56. The molecule has 9 heteroatoms. The van der Waals surface area contributed by atoms with E-state index in [1.165, 1.54) is 16.2 Å². The van der Waals surface area contributed by atoms with Crippen molar-refractivity contribution in [3.63, 3.8) is 0 Å². The summed E-state index contributed by atoms with van der Waals surface area (Å²) in [6, 6.07) is 4.78. The van der Waals surface area contributed by atoms with E-state index in [0.29, 0.717) is 30.1 Å². The van der Waals surface area contributed by atoms with E-state index in [9.17, 15) is 14.7 Å². The van der Waals surface area contributed by atoms with Crippen molar-refractivity contribution in [3.8, 4) is 5.75 Å². The molecule has 2 aliphatic rings. The molecule has 0 bridgehead atoms. The van der Waals surface area contributed by atoms with Gasteiger partial charge in [0, 0.05) is 24.1 Å². The van der Waals surface area contributed by atoms with Gasteiger partial charge in [-0.1, -0.05) is 17.7 Å². The number of carbonyl (C=O) groups is 2. The Bertz CT molecular complexity index is 1010. The van der Waals surface area contributed by atoms with Gasteiger partial charge in [-0.3, -0.25) is 9.59 Å². The van der Waals surface area contributed by atoms with Crippen LogP contribution in [0.15, 0.2) is 18.2 Å². The molecule has 1 saturated heterocycles. The van der Waals surface area contributed by atoms with Crippen LogP contribution in [0.1, 0.15) is 57.2 Å². The van der Waals surface area contributed by atoms with E-state index in [-0.39, 0.29) is 23.6 Å². The molecule has 0 spiro atoms. The van der Waals surface area contributed by atoms with E-state index < -0.39 is 6.04 Å². The standard InChI is InChI=1S/C23H30N4O4S/c1-13-7-8-18(28)15(11-13)16-12-17(27-26-16)21(29)25-23-20(22(30)24-9-10-31-2)14-5-3-4-6-19(14)32-23/h7-8,11,16-17,26-28H,3-6,9-10,12H2,1-2H3,(H,24,30)(H,25,29). The summed E-state index contributed by atoms with van der Waals surface area (Å²) in [7, 11) is 1.59. The minimum atomic E-state index is -0.483. The monoisotopic (exact) mass is 458 g/mol. The number of aromatic hydroxyl groups is 1. The van der Waals surface area contributed by atoms with Crippen molar-refractivity contribution >= 4 is 28.2 Å². The summed E-state index contributed by atoms with van der Waals surface area (Å²) >= 11 is 1.51. The third-order valence-corrected chi connectivity index (χ3v) is 7.21. The minimum absolute atomic E-state index is 0.170. The number of phenolic OH excluding ortho intramolecular Hbond substituents is 1. The summed E-state index contributed by atoms with van der Waals surface area (Å²) in [6.07, 6.45) is 4.43. The predicted molar refractivity (Wildman–Crippen MR) is 124 cm³/mol. The third kappa shape index (κ3) is 4.80. The van der Waals surface area contributed by atoms with Crippen LogP contribution in [0.3, 0.4) is 0 Å². The third-order valence-electron chi connectivity index (χ3n) is 6.00. The van der Waals surface area contributed by atoms with Crippen molar-refractivity contribution in [1.82, 2.24) is 16.2 Å². The number of thiophene rings is 1. The van der Waals surface area contributed by atoms with Crippen molar-refractivity contribution in [3.05, 3.63) is 45.3 Å². The molecule has 1 fully saturated rings. The number of benzene rings is 1. The Morgan fingerprint density at radius 3 is 2.88 bits per heavy atom. The SMILES string of the molecule is COCCNC(=O)c1c(NC(=O)C2CC(c3cc(C)ccc3O)NN2)sc2c1CCCC2. The lowest BCUT2D eigenvalue weighted by atomic mass is 9.95. The van der Waals surface area contributed by atoms with Gasteiger partial charge in [-0.15, -0.1) is 11.3 Å². The highest BCUT2D eigenvalue weighted by Crippen LogP contribution is 2.38. The second kappa shape index (κ2) is 9.99. The largest absolute Gasteiger partial charge is 0.508 e. The molecule has 1 aliphatic heterocycles. The first-order valence-corrected chi connectivity index (χ1v) is 11.8. The van der Waals surface area contributed by atoms with E-state index in [4.69, 9.17) is 4.74 Å². The molecule has 0 saturated carbocycles. The number of phenols is 1. The van der Waals surface area contributed by atoms with E-state index >= 15 is 0 Å². The maximum Gasteiger partial charge on any atom is 0.254 e. The normalized spacial score (nSPS) is 20.1. The molecule has 1 aromatic heterocycles. The highest BCUT2D eigenvalue weighted by atomic mass is 32.1. The van der Waals surface area contributed by atoms with E-state index in [0.717, 1.165) is 42.4 Å². The van der Waals surface area contributed by atoms with Gasteiger partial charge in [-0.05, 0) is 50.7 Å². The second-order valence-electron chi connectivity index (χ2n) is 8.34. The number of ether oxygens (including phenoxy) is 1. The van der Waals surface area contributed by atoms with E-state index in [1.54, 1.807) is 13.2 Å². The maximum atomic E-state index is 13.1. The molecule has 2 amide bonds. The van der Waals surface area contributed by atoms with Gasteiger partial charge in [0.25, 0.3) is 5.91 Å². The Morgan fingerprint density at radius 1 is 1.25 bits per heavy atom. The Morgan fingerprint density at radius 2 is 2.06 bits per heavy atom. The van der Waals surface area contributed by atoms with Crippen molar-refractivity contribution in [1.29, 1.82) is 0 Å². The van der Waals surface area contributed by atoms with Crippen molar-refractivity contribution in [2.75, 3.05) is 25.6 Å². The molecule has 32 heavy (non-hydrogen) atoms. The fourth-order valence-electron chi connectivity index (χ4n) is 4.33. The highest BCUT2D eigenvalue weighted by molar-refractivity contribution is 7.17. The van der Waals surface area contributed by atoms with Gasteiger partial charge in [0.1, 0.15) is 16.8 Å². The Labute approximate surface area is 191 Å². The van der Waals surface area contributed by atoms with Crippen LogP contribution in [-0.2, 0) is 22.4 Å². The van der Waals surface area contributed by atoms with Gasteiger partial charge in [0.2, 0.25) is 5.91 Å². The second-order valence-corrected chi connectivity index (χ2v) is 9.45. The molecule has 1 aliphatic carbocycles. The lowest BCUT2D eigenvalue weighted by molar-refractivity contribution is -0.117. The van der Waals surface area contributed by atoms with E-state index in [1.807, 2.05) is 19.1 Å². The molecule has 0 radical (unpaired) electrons.